The van der Waals surface area contributed by atoms with Crippen molar-refractivity contribution < 1.29 is 36.7 Å². The van der Waals surface area contributed by atoms with Gasteiger partial charge in [-0.2, -0.15) is 5.10 Å². The number of hydrogen-bond donors (Lipinski definition) is 4. The molecule has 0 radical (unpaired) electrons. The Morgan fingerprint density at radius 1 is 0.910 bits per heavy atom. The van der Waals surface area contributed by atoms with Crippen molar-refractivity contribution in [1.29, 1.82) is 0 Å². The highest BCUT2D eigenvalue weighted by Gasteiger charge is 2.42. The summed E-state index contributed by atoms with van der Waals surface area (Å²) in [5, 5.41) is 19.3. The Kier molecular flexibility index (Phi) is 16.8. The van der Waals surface area contributed by atoms with Crippen LogP contribution in [0.2, 0.25) is 0 Å². The summed E-state index contributed by atoms with van der Waals surface area (Å²) in [5.41, 5.74) is 3.11. The molecule has 3 amide bonds. The largest absolute Gasteiger partial charge is 0.492 e. The highest BCUT2D eigenvalue weighted by molar-refractivity contribution is 7.92. The zero-order valence-corrected chi connectivity index (χ0v) is 46.6. The number of amides is 3. The quantitative estimate of drug-likeness (QED) is 0.0586. The fraction of sp³-hybridized carbons (Fsp3) is 0.481. The van der Waals surface area contributed by atoms with Gasteiger partial charge in [-0.05, 0) is 117 Å². The van der Waals surface area contributed by atoms with Gasteiger partial charge >= 0.3 is 0 Å². The number of piperidine rings is 1. The number of sulfone groups is 1. The van der Waals surface area contributed by atoms with E-state index < -0.39 is 32.5 Å². The average Bonchev–Trinajstić information content (AvgIpc) is 4.26. The Labute approximate surface area is 457 Å². The molecule has 2 unspecified atom stereocenters. The monoisotopic (exact) mass is 1110 g/mol. The summed E-state index contributed by atoms with van der Waals surface area (Å²) in [6.07, 6.45) is 7.51. The summed E-state index contributed by atoms with van der Waals surface area (Å²) in [6, 6.07) is 6.78. The molecular formula is C54H67FN14O7S2. The topological polar surface area (TPSA) is 254 Å². The average molecular weight is 1110 g/mol. The Morgan fingerprint density at radius 2 is 1.65 bits per heavy atom. The molecule has 78 heavy (non-hydrogen) atoms. The van der Waals surface area contributed by atoms with Gasteiger partial charge in [0.15, 0.2) is 15.7 Å². The van der Waals surface area contributed by atoms with Crippen LogP contribution in [0.1, 0.15) is 109 Å². The molecule has 3 fully saturated rings. The number of carbonyl (C=O) groups excluding carboxylic acids is 4. The van der Waals surface area contributed by atoms with E-state index in [0.29, 0.717) is 97.3 Å². The molecule has 4 N–H and O–H groups in total. The van der Waals surface area contributed by atoms with Gasteiger partial charge in [-0.15, -0.1) is 11.3 Å². The number of ether oxygens (including phenoxy) is 1. The van der Waals surface area contributed by atoms with Gasteiger partial charge in [0.05, 0.1) is 41.3 Å². The number of fused-ring (bicyclic) bond motifs is 1. The van der Waals surface area contributed by atoms with E-state index in [4.69, 9.17) is 4.74 Å². The summed E-state index contributed by atoms with van der Waals surface area (Å²) >= 11 is 1.30. The molecule has 4 aromatic heterocycles. The number of thiazole rings is 1. The highest BCUT2D eigenvalue weighted by atomic mass is 32.2. The summed E-state index contributed by atoms with van der Waals surface area (Å²) in [4.78, 5) is 85.6. The van der Waals surface area contributed by atoms with E-state index >= 15 is 0 Å². The second-order valence-electron chi connectivity index (χ2n) is 21.1. The molecule has 24 heteroatoms. The van der Waals surface area contributed by atoms with Gasteiger partial charge in [-0.3, -0.25) is 29.2 Å². The van der Waals surface area contributed by atoms with Gasteiger partial charge in [0, 0.05) is 86.0 Å². The number of nitrogens with zero attached hydrogens (tertiary/aromatic N) is 10. The smallest absolute Gasteiger partial charge is 0.274 e. The molecule has 2 aromatic carbocycles. The molecule has 3 atom stereocenters. The van der Waals surface area contributed by atoms with Crippen LogP contribution < -0.4 is 25.6 Å². The number of likely N-dealkylation sites (tertiary alicyclic amines) is 2. The van der Waals surface area contributed by atoms with Crippen LogP contribution >= 0.6 is 11.3 Å². The van der Waals surface area contributed by atoms with Crippen molar-refractivity contribution in [3.63, 3.8) is 0 Å². The number of rotatable bonds is 18. The third-order valence-electron chi connectivity index (χ3n) is 15.1. The number of halogens is 1. The Bertz CT molecular complexity index is 3260. The molecule has 7 heterocycles. The third kappa shape index (κ3) is 12.0. The molecule has 0 spiro atoms. The molecule has 3 aliphatic rings. The first kappa shape index (κ1) is 55.7. The Hall–Kier alpha value is -7.02. The number of aromatic nitrogens is 7. The lowest BCUT2D eigenvalue weighted by Crippen LogP contribution is -2.57. The van der Waals surface area contributed by atoms with Gasteiger partial charge in [-0.25, -0.2) is 37.7 Å². The molecule has 6 aromatic rings. The fourth-order valence-electron chi connectivity index (χ4n) is 9.95. The minimum Gasteiger partial charge on any atom is -0.492 e. The molecular weight excluding hydrogens is 1040 g/mol. The number of aryl methyl sites for hydroxylation is 1. The van der Waals surface area contributed by atoms with Gasteiger partial charge in [0.2, 0.25) is 17.6 Å². The molecule has 3 saturated heterocycles. The first-order valence-electron chi connectivity index (χ1n) is 26.4. The Morgan fingerprint density at radius 3 is 2.32 bits per heavy atom. The van der Waals surface area contributed by atoms with E-state index in [0.717, 1.165) is 37.3 Å². The van der Waals surface area contributed by atoms with Crippen molar-refractivity contribution in [2.45, 2.75) is 101 Å². The summed E-state index contributed by atoms with van der Waals surface area (Å²) in [6.45, 7) is 15.6. The van der Waals surface area contributed by atoms with Crippen LogP contribution in [0.25, 0.3) is 10.9 Å². The highest BCUT2D eigenvalue weighted by Crippen LogP contribution is 2.39. The number of aromatic amines is 1. The molecule has 21 nitrogen and oxygen atoms in total. The zero-order valence-electron chi connectivity index (χ0n) is 45.0. The second kappa shape index (κ2) is 23.5. The maximum absolute atomic E-state index is 14.6. The van der Waals surface area contributed by atoms with Gasteiger partial charge in [-0.1, -0.05) is 0 Å². The lowest BCUT2D eigenvalue weighted by atomic mass is 9.88. The number of carbonyl (C=O) groups is 4. The van der Waals surface area contributed by atoms with Gasteiger partial charge < -0.3 is 35.4 Å². The van der Waals surface area contributed by atoms with Crippen molar-refractivity contribution in [2.75, 3.05) is 76.2 Å². The summed E-state index contributed by atoms with van der Waals surface area (Å²) in [5.74, 6) is 0.0840. The third-order valence-corrected chi connectivity index (χ3v) is 18.5. The van der Waals surface area contributed by atoms with Crippen molar-refractivity contribution in [2.24, 2.45) is 5.92 Å². The van der Waals surface area contributed by atoms with Crippen LogP contribution in [0.3, 0.4) is 0 Å². The minimum atomic E-state index is -3.84. The number of anilines is 3. The standard InChI is InChI=1S/C54H67FN14O7S2/c1-32-33(2)64-65-48(32)63-49-38-26-44(78(74,75)54(4,5)6)43(27-39(38)59-31-60-49)76-25-9-17-66-21-23-67(24-22-66)45-29-57-40(28-58-45)52(72)68-19-15-35(16-20-68)46(62-50(71)34(3)56-7)53(73)69-18-8-10-42(69)51-61-41(30-77-51)47(70)36-11-13-37(55)14-12-36/h11-14,26-31,34-35,42,46,56H,8-10,15-25H2,1-7H3,(H,62,71)(H2,59,60,63,64,65)/t34?,42?,46-/m0/s1. The summed E-state index contributed by atoms with van der Waals surface area (Å²) < 4.78 is 46.7. The predicted molar refractivity (Wildman–Crippen MR) is 293 cm³/mol. The number of H-pyrrole nitrogens is 1. The minimum absolute atomic E-state index is 0.0697. The molecule has 0 aliphatic carbocycles. The molecule has 414 valence electrons. The number of nitrogens with one attached hydrogen (secondary N) is 4. The van der Waals surface area contributed by atoms with Crippen molar-refractivity contribution >= 4 is 73.0 Å². The molecule has 9 rings (SSSR count). The fourth-order valence-corrected chi connectivity index (χ4v) is 12.2. The lowest BCUT2D eigenvalue weighted by Gasteiger charge is -2.38. The number of ketones is 1. The first-order chi connectivity index (χ1) is 37.3. The molecule has 0 saturated carbocycles. The number of likely N-dealkylation sites (N-methyl/N-ethyl adjacent to an activating group) is 1. The van der Waals surface area contributed by atoms with Crippen LogP contribution in [0.4, 0.5) is 21.8 Å². The van der Waals surface area contributed by atoms with Crippen molar-refractivity contribution in [1.82, 2.24) is 60.5 Å². The second-order valence-corrected chi connectivity index (χ2v) is 24.7. The maximum atomic E-state index is 14.6. The SMILES string of the molecule is CNC(C)C(=O)N[C@H](C(=O)N1CCCC1c1nc(C(=O)c2ccc(F)cc2)cs1)C1CCN(C(=O)c2cnc(N3CCN(CCCOc4cc5ncnc(Nc6n[nH]c(C)c6C)c5cc4S(=O)(=O)C(C)(C)C)CC3)cn2)CC1. The van der Waals surface area contributed by atoms with Gasteiger partial charge in [0.25, 0.3) is 5.91 Å². The van der Waals surface area contributed by atoms with E-state index in [1.807, 2.05) is 13.8 Å². The normalized spacial score (nSPS) is 17.5. The van der Waals surface area contributed by atoms with E-state index in [2.05, 4.69) is 60.9 Å². The van der Waals surface area contributed by atoms with Crippen molar-refractivity contribution in [3.8, 4) is 5.75 Å². The van der Waals surface area contributed by atoms with Gasteiger partial charge in [0.1, 0.15) is 56.9 Å². The number of piperazine rings is 1. The molecule has 3 aliphatic heterocycles. The van der Waals surface area contributed by atoms with E-state index in [1.54, 1.807) is 68.3 Å². The lowest BCUT2D eigenvalue weighted by molar-refractivity contribution is -0.139. The summed E-state index contributed by atoms with van der Waals surface area (Å²) in [7, 11) is -2.17. The predicted octanol–water partition coefficient (Wildman–Crippen LogP) is 5.80. The van der Waals surface area contributed by atoms with Crippen LogP contribution in [-0.4, -0.2) is 165 Å². The number of benzene rings is 2. The number of hydrogen-bond acceptors (Lipinski definition) is 18. The first-order valence-corrected chi connectivity index (χ1v) is 28.7. The zero-order chi connectivity index (χ0) is 55.5. The van der Waals surface area contributed by atoms with E-state index in [-0.39, 0.29) is 64.1 Å². The Balaban J connectivity index is 0.770. The maximum Gasteiger partial charge on any atom is 0.274 e. The van der Waals surface area contributed by atoms with Crippen LogP contribution in [-0.2, 0) is 19.4 Å². The van der Waals surface area contributed by atoms with Crippen LogP contribution in [0.15, 0.2) is 65.4 Å². The van der Waals surface area contributed by atoms with Crippen LogP contribution in [0, 0.1) is 25.6 Å². The van der Waals surface area contributed by atoms with E-state index in [9.17, 15) is 32.0 Å². The van der Waals surface area contributed by atoms with Crippen LogP contribution in [0.5, 0.6) is 5.75 Å². The molecule has 0 bridgehead atoms. The van der Waals surface area contributed by atoms with E-state index in [1.165, 1.54) is 48.1 Å². The van der Waals surface area contributed by atoms with Crippen molar-refractivity contribution in [3.05, 3.63) is 99.5 Å².